The minimum absolute atomic E-state index is 0.285. The summed E-state index contributed by atoms with van der Waals surface area (Å²) in [5.74, 6) is 0.512. The second-order valence-corrected chi connectivity index (χ2v) is 8.00. The molecule has 10 heteroatoms. The van der Waals surface area contributed by atoms with Crippen LogP contribution >= 0.6 is 15.9 Å². The molecule has 31 heavy (non-hydrogen) atoms. The van der Waals surface area contributed by atoms with Gasteiger partial charge in [-0.15, -0.1) is 0 Å². The van der Waals surface area contributed by atoms with Gasteiger partial charge in [0.15, 0.2) is 5.69 Å². The number of hydrogen-bond donors (Lipinski definition) is 1. The van der Waals surface area contributed by atoms with Gasteiger partial charge in [0.05, 0.1) is 41.4 Å². The van der Waals surface area contributed by atoms with Crippen molar-refractivity contribution in [3.8, 4) is 5.75 Å². The summed E-state index contributed by atoms with van der Waals surface area (Å²) < 4.78 is 11.4. The highest BCUT2D eigenvalue weighted by Crippen LogP contribution is 2.22. The van der Waals surface area contributed by atoms with Gasteiger partial charge in [0.1, 0.15) is 12.4 Å². The molecule has 1 amide bonds. The van der Waals surface area contributed by atoms with Gasteiger partial charge in [-0.2, -0.15) is 15.3 Å². The van der Waals surface area contributed by atoms with Crippen LogP contribution in [-0.4, -0.2) is 42.4 Å². The molecule has 1 N–H and O–H groups in total. The maximum Gasteiger partial charge on any atom is 0.276 e. The number of halogens is 1. The van der Waals surface area contributed by atoms with E-state index >= 15 is 0 Å². The molecule has 4 rings (SSSR count). The number of carbonyl (C=O) groups excluding carboxylic acids is 1. The predicted molar refractivity (Wildman–Crippen MR) is 119 cm³/mol. The van der Waals surface area contributed by atoms with Crippen molar-refractivity contribution in [3.05, 3.63) is 76.0 Å². The number of methoxy groups -OCH3 is 1. The first-order valence-electron chi connectivity index (χ1n) is 9.62. The summed E-state index contributed by atoms with van der Waals surface area (Å²) in [6.07, 6.45) is 5.28. The van der Waals surface area contributed by atoms with E-state index in [-0.39, 0.29) is 5.91 Å². The van der Waals surface area contributed by atoms with E-state index in [1.54, 1.807) is 34.9 Å². The number of benzene rings is 1. The predicted octanol–water partition coefficient (Wildman–Crippen LogP) is 3.47. The Morgan fingerprint density at radius 3 is 2.77 bits per heavy atom. The van der Waals surface area contributed by atoms with Crippen LogP contribution in [0.1, 0.15) is 27.4 Å². The molecule has 0 saturated heterocycles. The normalized spacial score (nSPS) is 11.0. The highest BCUT2D eigenvalue weighted by molar-refractivity contribution is 9.10. The monoisotopic (exact) mass is 483 g/mol. The van der Waals surface area contributed by atoms with Crippen molar-refractivity contribution >= 4 is 27.5 Å². The lowest BCUT2D eigenvalue weighted by Crippen LogP contribution is -2.16. The van der Waals surface area contributed by atoms with Gasteiger partial charge in [0.25, 0.3) is 5.91 Å². The van der Waals surface area contributed by atoms with Crippen LogP contribution in [0.5, 0.6) is 5.75 Å². The maximum absolute atomic E-state index is 12.8. The molecule has 0 aliphatic rings. The molecular formula is C21H22BrN7O2. The number of amides is 1. The third-order valence-corrected chi connectivity index (χ3v) is 5.26. The van der Waals surface area contributed by atoms with E-state index in [1.807, 2.05) is 49.0 Å². The Hall–Kier alpha value is -3.40. The number of ether oxygens (including phenoxy) is 1. The van der Waals surface area contributed by atoms with Crippen LogP contribution in [-0.2, 0) is 13.2 Å². The zero-order chi connectivity index (χ0) is 22.0. The second-order valence-electron chi connectivity index (χ2n) is 7.09. The largest absolute Gasteiger partial charge is 0.497 e. The Balaban J connectivity index is 1.47. The Kier molecular flexibility index (Phi) is 5.90. The fourth-order valence-corrected chi connectivity index (χ4v) is 3.61. The van der Waals surface area contributed by atoms with Gasteiger partial charge in [-0.1, -0.05) is 12.1 Å². The molecule has 4 aromatic rings. The number of rotatable bonds is 7. The molecule has 0 bridgehead atoms. The standard InChI is InChI=1S/C21H22BrN7O2/c1-14-20(15(2)29(25-14)11-16-5-4-6-18(9-16)31-3)24-21(30)19-7-8-27(26-19)13-28-12-17(22)10-23-28/h4-10,12H,11,13H2,1-3H3,(H,24,30). The molecule has 3 aromatic heterocycles. The summed E-state index contributed by atoms with van der Waals surface area (Å²) in [5, 5.41) is 16.1. The molecule has 0 aliphatic heterocycles. The molecule has 1 aromatic carbocycles. The second kappa shape index (κ2) is 8.76. The SMILES string of the molecule is COc1cccc(Cn2nc(C)c(NC(=O)c3ccn(Cn4cc(Br)cn4)n3)c2C)c1. The first kappa shape index (κ1) is 20.9. The van der Waals surface area contributed by atoms with E-state index in [9.17, 15) is 4.79 Å². The van der Waals surface area contributed by atoms with Gasteiger partial charge in [0.2, 0.25) is 0 Å². The number of hydrogen-bond acceptors (Lipinski definition) is 5. The number of aryl methyl sites for hydroxylation is 1. The lowest BCUT2D eigenvalue weighted by molar-refractivity contribution is 0.102. The summed E-state index contributed by atoms with van der Waals surface area (Å²) in [5.41, 5.74) is 3.69. The van der Waals surface area contributed by atoms with Crippen LogP contribution in [0.4, 0.5) is 5.69 Å². The van der Waals surface area contributed by atoms with E-state index in [4.69, 9.17) is 4.74 Å². The van der Waals surface area contributed by atoms with E-state index in [1.165, 1.54) is 0 Å². The lowest BCUT2D eigenvalue weighted by Gasteiger charge is -2.08. The molecule has 0 saturated carbocycles. The molecule has 9 nitrogen and oxygen atoms in total. The highest BCUT2D eigenvalue weighted by atomic mass is 79.9. The Morgan fingerprint density at radius 2 is 2.03 bits per heavy atom. The van der Waals surface area contributed by atoms with Crippen molar-refractivity contribution < 1.29 is 9.53 Å². The van der Waals surface area contributed by atoms with Gasteiger partial charge in [-0.05, 0) is 53.5 Å². The van der Waals surface area contributed by atoms with Crippen molar-refractivity contribution in [1.29, 1.82) is 0 Å². The van der Waals surface area contributed by atoms with Crippen LogP contribution in [0.2, 0.25) is 0 Å². The van der Waals surface area contributed by atoms with Crippen LogP contribution in [0.25, 0.3) is 0 Å². The number of nitrogens with zero attached hydrogens (tertiary/aromatic N) is 6. The third kappa shape index (κ3) is 4.69. The zero-order valence-electron chi connectivity index (χ0n) is 17.4. The number of nitrogens with one attached hydrogen (secondary N) is 1. The third-order valence-electron chi connectivity index (χ3n) is 4.85. The van der Waals surface area contributed by atoms with Gasteiger partial charge in [-0.3, -0.25) is 14.2 Å². The van der Waals surface area contributed by atoms with E-state index in [0.29, 0.717) is 24.6 Å². The van der Waals surface area contributed by atoms with Crippen LogP contribution < -0.4 is 10.1 Å². The zero-order valence-corrected chi connectivity index (χ0v) is 19.0. The minimum Gasteiger partial charge on any atom is -0.497 e. The fraction of sp³-hybridized carbons (Fsp3) is 0.238. The number of carbonyl (C=O) groups is 1. The Bertz CT molecular complexity index is 1220. The smallest absolute Gasteiger partial charge is 0.276 e. The van der Waals surface area contributed by atoms with Crippen molar-refractivity contribution in [2.45, 2.75) is 27.1 Å². The maximum atomic E-state index is 12.8. The summed E-state index contributed by atoms with van der Waals surface area (Å²) >= 11 is 3.36. The quantitative estimate of drug-likeness (QED) is 0.434. The van der Waals surface area contributed by atoms with Crippen molar-refractivity contribution in [1.82, 2.24) is 29.3 Å². The molecular weight excluding hydrogens is 462 g/mol. The molecule has 0 fully saturated rings. The van der Waals surface area contributed by atoms with Gasteiger partial charge in [-0.25, -0.2) is 4.68 Å². The summed E-state index contributed by atoms with van der Waals surface area (Å²) in [4.78, 5) is 12.8. The average Bonchev–Trinajstić information content (AvgIpc) is 3.45. The molecule has 3 heterocycles. The first-order chi connectivity index (χ1) is 14.9. The Morgan fingerprint density at radius 1 is 1.19 bits per heavy atom. The first-order valence-corrected chi connectivity index (χ1v) is 10.4. The molecule has 0 atom stereocenters. The van der Waals surface area contributed by atoms with Crippen LogP contribution in [0.3, 0.4) is 0 Å². The molecule has 0 aliphatic carbocycles. The lowest BCUT2D eigenvalue weighted by atomic mass is 10.2. The topological polar surface area (TPSA) is 91.8 Å². The average molecular weight is 484 g/mol. The fourth-order valence-electron chi connectivity index (χ4n) is 3.28. The summed E-state index contributed by atoms with van der Waals surface area (Å²) in [6, 6.07) is 9.52. The van der Waals surface area contributed by atoms with E-state index in [2.05, 4.69) is 36.5 Å². The number of anilines is 1. The van der Waals surface area contributed by atoms with Crippen molar-refractivity contribution in [2.75, 3.05) is 12.4 Å². The minimum atomic E-state index is -0.285. The number of aromatic nitrogens is 6. The summed E-state index contributed by atoms with van der Waals surface area (Å²) in [7, 11) is 1.64. The molecule has 0 unspecified atom stereocenters. The van der Waals surface area contributed by atoms with Gasteiger partial charge in [0, 0.05) is 12.4 Å². The van der Waals surface area contributed by atoms with E-state index in [0.717, 1.165) is 27.2 Å². The highest BCUT2D eigenvalue weighted by Gasteiger charge is 2.17. The molecule has 160 valence electrons. The van der Waals surface area contributed by atoms with E-state index < -0.39 is 0 Å². The van der Waals surface area contributed by atoms with Gasteiger partial charge < -0.3 is 10.1 Å². The molecule has 0 radical (unpaired) electrons. The van der Waals surface area contributed by atoms with Crippen molar-refractivity contribution in [3.63, 3.8) is 0 Å². The van der Waals surface area contributed by atoms with Gasteiger partial charge >= 0.3 is 0 Å². The van der Waals surface area contributed by atoms with Crippen molar-refractivity contribution in [2.24, 2.45) is 0 Å². The van der Waals surface area contributed by atoms with Crippen LogP contribution in [0, 0.1) is 13.8 Å². The Labute approximate surface area is 187 Å². The van der Waals surface area contributed by atoms with Crippen LogP contribution in [0.15, 0.2) is 53.4 Å². The molecule has 0 spiro atoms. The summed E-state index contributed by atoms with van der Waals surface area (Å²) in [6.45, 7) is 4.80.